The molecule has 2 N–H and O–H groups in total. The van der Waals surface area contributed by atoms with Gasteiger partial charge in [0.2, 0.25) is 0 Å². The maximum absolute atomic E-state index is 5.91. The monoisotopic (exact) mass is 286 g/mol. The number of hydrogen-bond acceptors (Lipinski definition) is 3. The van der Waals surface area contributed by atoms with Crippen LogP contribution in [0.5, 0.6) is 0 Å². The normalized spacial score (nSPS) is 17.6. The van der Waals surface area contributed by atoms with Crippen molar-refractivity contribution in [1.29, 1.82) is 0 Å². The number of piperidine rings is 1. The van der Waals surface area contributed by atoms with E-state index < -0.39 is 0 Å². The van der Waals surface area contributed by atoms with Crippen LogP contribution in [0, 0.1) is 12.8 Å². The summed E-state index contributed by atoms with van der Waals surface area (Å²) in [7, 11) is 0. The first-order chi connectivity index (χ1) is 10.1. The molecule has 0 spiro atoms. The zero-order chi connectivity index (χ0) is 14.8. The third kappa shape index (κ3) is 3.21. The summed E-state index contributed by atoms with van der Waals surface area (Å²) in [6.07, 6.45) is 3.85. The topological polar surface area (TPSA) is 47.1 Å². The number of rotatable bonds is 4. The fraction of sp³-hybridized carbons (Fsp3) is 0.588. The smallest absolute Gasteiger partial charge is 0.0705 e. The zero-order valence-electron chi connectivity index (χ0n) is 13.2. The third-order valence-corrected chi connectivity index (χ3v) is 4.68. The van der Waals surface area contributed by atoms with Crippen molar-refractivity contribution >= 4 is 16.6 Å². The average molecular weight is 286 g/mol. The van der Waals surface area contributed by atoms with E-state index in [1.165, 1.54) is 43.4 Å². The molecule has 0 amide bonds. The van der Waals surface area contributed by atoms with Gasteiger partial charge in [0.25, 0.3) is 0 Å². The number of aryl methyl sites for hydroxylation is 2. The van der Waals surface area contributed by atoms with Gasteiger partial charge in [-0.05, 0) is 69.9 Å². The number of likely N-dealkylation sites (tertiary alicyclic amines) is 1. The van der Waals surface area contributed by atoms with E-state index in [-0.39, 0.29) is 0 Å². The molecule has 1 aromatic heterocycles. The van der Waals surface area contributed by atoms with Crippen molar-refractivity contribution in [3.8, 4) is 0 Å². The molecule has 3 rings (SSSR count). The Morgan fingerprint density at radius 1 is 1.24 bits per heavy atom. The van der Waals surface area contributed by atoms with Gasteiger partial charge in [-0.1, -0.05) is 6.92 Å². The van der Waals surface area contributed by atoms with Crippen LogP contribution in [0.25, 0.3) is 10.9 Å². The second-order valence-corrected chi connectivity index (χ2v) is 6.46. The molecule has 2 aromatic rings. The second-order valence-electron chi connectivity index (χ2n) is 6.46. The summed E-state index contributed by atoms with van der Waals surface area (Å²) in [5.41, 5.74) is 8.99. The molecule has 0 aliphatic carbocycles. The van der Waals surface area contributed by atoms with Crippen LogP contribution in [0.1, 0.15) is 31.9 Å². The first-order valence-corrected chi connectivity index (χ1v) is 8.08. The predicted molar refractivity (Wildman–Crippen MR) is 88.3 cm³/mol. The Balaban J connectivity index is 1.62. The van der Waals surface area contributed by atoms with Gasteiger partial charge in [-0.3, -0.25) is 4.68 Å². The minimum Gasteiger partial charge on any atom is -0.399 e. The van der Waals surface area contributed by atoms with Crippen LogP contribution in [0.15, 0.2) is 18.2 Å². The van der Waals surface area contributed by atoms with Gasteiger partial charge < -0.3 is 10.6 Å². The molecule has 0 bridgehead atoms. The van der Waals surface area contributed by atoms with Gasteiger partial charge in [-0.2, -0.15) is 5.10 Å². The number of aromatic nitrogens is 2. The van der Waals surface area contributed by atoms with Gasteiger partial charge in [-0.15, -0.1) is 0 Å². The van der Waals surface area contributed by atoms with Crippen LogP contribution in [0.3, 0.4) is 0 Å². The van der Waals surface area contributed by atoms with Gasteiger partial charge >= 0.3 is 0 Å². The number of nitrogens with two attached hydrogens (primary N) is 1. The highest BCUT2D eigenvalue weighted by Gasteiger charge is 2.15. The molecule has 1 saturated heterocycles. The molecule has 0 unspecified atom stereocenters. The summed E-state index contributed by atoms with van der Waals surface area (Å²) in [5.74, 6) is 0.905. The Bertz CT molecular complexity index is 609. The molecule has 114 valence electrons. The Morgan fingerprint density at radius 3 is 2.76 bits per heavy atom. The molecule has 1 aliphatic heterocycles. The number of hydrogen-bond donors (Lipinski definition) is 1. The van der Waals surface area contributed by atoms with Crippen LogP contribution in [-0.4, -0.2) is 34.3 Å². The van der Waals surface area contributed by atoms with Gasteiger partial charge in [0.05, 0.1) is 11.2 Å². The first-order valence-electron chi connectivity index (χ1n) is 8.08. The molecular formula is C17H26N4. The fourth-order valence-electron chi connectivity index (χ4n) is 3.26. The molecule has 4 heteroatoms. The van der Waals surface area contributed by atoms with E-state index >= 15 is 0 Å². The van der Waals surface area contributed by atoms with Crippen molar-refractivity contribution in [1.82, 2.24) is 14.7 Å². The van der Waals surface area contributed by atoms with Crippen molar-refractivity contribution in [2.45, 2.75) is 39.7 Å². The molecule has 1 aliphatic rings. The van der Waals surface area contributed by atoms with Crippen LogP contribution in [-0.2, 0) is 6.54 Å². The van der Waals surface area contributed by atoms with Gasteiger partial charge in [0.1, 0.15) is 0 Å². The summed E-state index contributed by atoms with van der Waals surface area (Å²) >= 11 is 0. The Hall–Kier alpha value is -1.55. The van der Waals surface area contributed by atoms with Gasteiger partial charge in [-0.25, -0.2) is 0 Å². The summed E-state index contributed by atoms with van der Waals surface area (Å²) in [6, 6.07) is 6.07. The molecule has 0 radical (unpaired) electrons. The van der Waals surface area contributed by atoms with E-state index in [0.717, 1.165) is 30.3 Å². The standard InChI is InChI=1S/C17H26N4/c1-13-6-10-20(11-7-13)8-3-9-21-17-12-15(18)4-5-16(17)14(2)19-21/h4-5,12-13H,3,6-11,18H2,1-2H3. The maximum atomic E-state index is 5.91. The summed E-state index contributed by atoms with van der Waals surface area (Å²) in [4.78, 5) is 2.59. The minimum atomic E-state index is 0.814. The molecule has 1 fully saturated rings. The predicted octanol–water partition coefficient (Wildman–Crippen LogP) is 3.05. The fourth-order valence-corrected chi connectivity index (χ4v) is 3.26. The molecule has 1 aromatic carbocycles. The number of fused-ring (bicyclic) bond motifs is 1. The Morgan fingerprint density at radius 2 is 2.00 bits per heavy atom. The molecule has 2 heterocycles. The van der Waals surface area contributed by atoms with Crippen LogP contribution < -0.4 is 5.73 Å². The lowest BCUT2D eigenvalue weighted by Gasteiger charge is -2.30. The van der Waals surface area contributed by atoms with Gasteiger partial charge in [0.15, 0.2) is 0 Å². The number of nitrogens with zero attached hydrogens (tertiary/aromatic N) is 3. The van der Waals surface area contributed by atoms with Crippen molar-refractivity contribution in [3.05, 3.63) is 23.9 Å². The Kier molecular flexibility index (Phi) is 4.15. The van der Waals surface area contributed by atoms with E-state index in [0.29, 0.717) is 0 Å². The third-order valence-electron chi connectivity index (χ3n) is 4.68. The molecule has 0 atom stereocenters. The minimum absolute atomic E-state index is 0.814. The maximum Gasteiger partial charge on any atom is 0.0705 e. The van der Waals surface area contributed by atoms with E-state index in [9.17, 15) is 0 Å². The quantitative estimate of drug-likeness (QED) is 0.879. The van der Waals surface area contributed by atoms with E-state index in [1.807, 2.05) is 12.1 Å². The Labute approximate surface area is 126 Å². The van der Waals surface area contributed by atoms with Crippen molar-refractivity contribution < 1.29 is 0 Å². The highest BCUT2D eigenvalue weighted by Crippen LogP contribution is 2.21. The van der Waals surface area contributed by atoms with Crippen LogP contribution >= 0.6 is 0 Å². The molecule has 4 nitrogen and oxygen atoms in total. The summed E-state index contributed by atoms with van der Waals surface area (Å²) in [5, 5.41) is 5.89. The van der Waals surface area contributed by atoms with Crippen LogP contribution in [0.2, 0.25) is 0 Å². The van der Waals surface area contributed by atoms with E-state index in [4.69, 9.17) is 5.73 Å². The first kappa shape index (κ1) is 14.4. The lowest BCUT2D eigenvalue weighted by atomic mass is 9.99. The molecular weight excluding hydrogens is 260 g/mol. The number of benzene rings is 1. The lowest BCUT2D eigenvalue weighted by Crippen LogP contribution is -2.34. The largest absolute Gasteiger partial charge is 0.399 e. The average Bonchev–Trinajstić information content (AvgIpc) is 2.77. The number of anilines is 1. The van der Waals surface area contributed by atoms with Crippen molar-refractivity contribution in [3.63, 3.8) is 0 Å². The van der Waals surface area contributed by atoms with Gasteiger partial charge in [0, 0.05) is 17.6 Å². The van der Waals surface area contributed by atoms with E-state index in [2.05, 4.69) is 34.6 Å². The van der Waals surface area contributed by atoms with Crippen LogP contribution in [0.4, 0.5) is 5.69 Å². The second kappa shape index (κ2) is 6.06. The SMILES string of the molecule is Cc1nn(CCCN2CCC(C)CC2)c2cc(N)ccc12. The summed E-state index contributed by atoms with van der Waals surface area (Å²) < 4.78 is 2.12. The number of nitrogen functional groups attached to an aromatic ring is 1. The van der Waals surface area contributed by atoms with Crippen molar-refractivity contribution in [2.24, 2.45) is 5.92 Å². The summed E-state index contributed by atoms with van der Waals surface area (Å²) in [6.45, 7) is 9.09. The molecule has 0 saturated carbocycles. The molecule has 21 heavy (non-hydrogen) atoms. The highest BCUT2D eigenvalue weighted by molar-refractivity contribution is 5.84. The van der Waals surface area contributed by atoms with E-state index in [1.54, 1.807) is 0 Å². The van der Waals surface area contributed by atoms with Crippen molar-refractivity contribution in [2.75, 3.05) is 25.4 Å². The zero-order valence-corrected chi connectivity index (χ0v) is 13.2. The lowest BCUT2D eigenvalue weighted by molar-refractivity contribution is 0.188. The highest BCUT2D eigenvalue weighted by atomic mass is 15.3.